The first-order chi connectivity index (χ1) is 9.66. The number of aryl methyl sites for hydroxylation is 1. The van der Waals surface area contributed by atoms with Crippen LogP contribution in [0.2, 0.25) is 0 Å². The zero-order valence-electron chi connectivity index (χ0n) is 12.8. The largest absolute Gasteiger partial charge is 0.316 e. The molecule has 1 aromatic carbocycles. The van der Waals surface area contributed by atoms with E-state index in [2.05, 4.69) is 60.1 Å². The van der Waals surface area contributed by atoms with Gasteiger partial charge in [0.05, 0.1) is 6.54 Å². The van der Waals surface area contributed by atoms with Crippen LogP contribution in [-0.4, -0.2) is 22.9 Å². The molecular formula is C17H25N3. The number of nitrogens with zero attached hydrogens (tertiary/aromatic N) is 2. The van der Waals surface area contributed by atoms with E-state index in [4.69, 9.17) is 0 Å². The highest BCUT2D eigenvalue weighted by Gasteiger charge is 2.04. The third-order valence-corrected chi connectivity index (χ3v) is 3.49. The van der Waals surface area contributed by atoms with Crippen LogP contribution in [0.4, 0.5) is 0 Å². The SMILES string of the molecule is Cc1ccnn1Cc1ccccc1CCNCC(C)C. The molecule has 2 aromatic rings. The van der Waals surface area contributed by atoms with Crippen molar-refractivity contribution in [3.8, 4) is 0 Å². The molecule has 0 aliphatic carbocycles. The third kappa shape index (κ3) is 4.20. The van der Waals surface area contributed by atoms with Gasteiger partial charge in [-0.2, -0.15) is 5.10 Å². The molecule has 3 nitrogen and oxygen atoms in total. The van der Waals surface area contributed by atoms with Crippen molar-refractivity contribution in [1.82, 2.24) is 15.1 Å². The molecule has 2 rings (SSSR count). The summed E-state index contributed by atoms with van der Waals surface area (Å²) in [6, 6.07) is 10.7. The fraction of sp³-hybridized carbons (Fsp3) is 0.471. The van der Waals surface area contributed by atoms with Gasteiger partial charge in [-0.1, -0.05) is 38.1 Å². The number of hydrogen-bond donors (Lipinski definition) is 1. The highest BCUT2D eigenvalue weighted by Crippen LogP contribution is 2.12. The second kappa shape index (κ2) is 7.25. The molecule has 108 valence electrons. The van der Waals surface area contributed by atoms with Gasteiger partial charge in [0.15, 0.2) is 0 Å². The lowest BCUT2D eigenvalue weighted by Crippen LogP contribution is -2.22. The maximum atomic E-state index is 4.37. The summed E-state index contributed by atoms with van der Waals surface area (Å²) in [7, 11) is 0. The number of hydrogen-bond acceptors (Lipinski definition) is 2. The minimum atomic E-state index is 0.706. The predicted octanol–water partition coefficient (Wildman–Crippen LogP) is 3.03. The first-order valence-corrected chi connectivity index (χ1v) is 7.42. The summed E-state index contributed by atoms with van der Waals surface area (Å²) in [5.74, 6) is 0.706. The summed E-state index contributed by atoms with van der Waals surface area (Å²) in [5.41, 5.74) is 3.99. The molecular weight excluding hydrogens is 246 g/mol. The zero-order valence-corrected chi connectivity index (χ0v) is 12.8. The van der Waals surface area contributed by atoms with Crippen LogP contribution >= 0.6 is 0 Å². The summed E-state index contributed by atoms with van der Waals surface area (Å²) < 4.78 is 2.06. The van der Waals surface area contributed by atoms with Crippen molar-refractivity contribution in [2.45, 2.75) is 33.7 Å². The molecule has 0 atom stereocenters. The Bertz CT molecular complexity index is 529. The van der Waals surface area contributed by atoms with E-state index in [1.807, 2.05) is 12.3 Å². The quantitative estimate of drug-likeness (QED) is 0.785. The van der Waals surface area contributed by atoms with Gasteiger partial charge >= 0.3 is 0 Å². The van der Waals surface area contributed by atoms with E-state index in [0.717, 1.165) is 26.1 Å². The van der Waals surface area contributed by atoms with Crippen molar-refractivity contribution in [2.75, 3.05) is 13.1 Å². The number of rotatable bonds is 7. The molecule has 0 saturated carbocycles. The fourth-order valence-electron chi connectivity index (χ4n) is 2.30. The fourth-order valence-corrected chi connectivity index (χ4v) is 2.30. The highest BCUT2D eigenvalue weighted by molar-refractivity contribution is 5.28. The van der Waals surface area contributed by atoms with Gasteiger partial charge < -0.3 is 5.32 Å². The monoisotopic (exact) mass is 271 g/mol. The maximum Gasteiger partial charge on any atom is 0.0665 e. The molecule has 20 heavy (non-hydrogen) atoms. The van der Waals surface area contributed by atoms with Crippen LogP contribution in [0.15, 0.2) is 36.5 Å². The normalized spacial score (nSPS) is 11.2. The van der Waals surface area contributed by atoms with Gasteiger partial charge in [-0.25, -0.2) is 0 Å². The summed E-state index contributed by atoms with van der Waals surface area (Å²) in [6.45, 7) is 9.55. The smallest absolute Gasteiger partial charge is 0.0665 e. The minimum Gasteiger partial charge on any atom is -0.316 e. The van der Waals surface area contributed by atoms with Crippen LogP contribution in [0.3, 0.4) is 0 Å². The molecule has 0 radical (unpaired) electrons. The Morgan fingerprint density at radius 1 is 1.15 bits per heavy atom. The Labute approximate surface area is 122 Å². The van der Waals surface area contributed by atoms with Crippen LogP contribution in [0.25, 0.3) is 0 Å². The molecule has 3 heteroatoms. The molecule has 0 amide bonds. The van der Waals surface area contributed by atoms with Gasteiger partial charge in [0.25, 0.3) is 0 Å². The Balaban J connectivity index is 1.97. The Hall–Kier alpha value is -1.61. The molecule has 0 bridgehead atoms. The van der Waals surface area contributed by atoms with Crippen LogP contribution in [0.1, 0.15) is 30.7 Å². The highest BCUT2D eigenvalue weighted by atomic mass is 15.3. The molecule has 0 unspecified atom stereocenters. The van der Waals surface area contributed by atoms with Crippen molar-refractivity contribution in [3.05, 3.63) is 53.3 Å². The van der Waals surface area contributed by atoms with E-state index in [-0.39, 0.29) is 0 Å². The molecule has 0 aliphatic rings. The lowest BCUT2D eigenvalue weighted by molar-refractivity contribution is 0.553. The Kier molecular flexibility index (Phi) is 5.36. The van der Waals surface area contributed by atoms with Gasteiger partial charge in [-0.15, -0.1) is 0 Å². The van der Waals surface area contributed by atoms with Crippen molar-refractivity contribution in [2.24, 2.45) is 5.92 Å². The van der Waals surface area contributed by atoms with Crippen LogP contribution < -0.4 is 5.32 Å². The molecule has 0 spiro atoms. The van der Waals surface area contributed by atoms with Gasteiger partial charge in [-0.3, -0.25) is 4.68 Å². The van der Waals surface area contributed by atoms with E-state index >= 15 is 0 Å². The summed E-state index contributed by atoms with van der Waals surface area (Å²) in [5, 5.41) is 7.88. The topological polar surface area (TPSA) is 29.9 Å². The molecule has 1 heterocycles. The molecule has 0 fully saturated rings. The summed E-state index contributed by atoms with van der Waals surface area (Å²) in [6.07, 6.45) is 2.94. The van der Waals surface area contributed by atoms with Gasteiger partial charge in [-0.05, 0) is 49.5 Å². The lowest BCUT2D eigenvalue weighted by atomic mass is 10.0. The maximum absolute atomic E-state index is 4.37. The average Bonchev–Trinajstić information content (AvgIpc) is 2.82. The molecule has 0 saturated heterocycles. The van der Waals surface area contributed by atoms with Crippen molar-refractivity contribution in [1.29, 1.82) is 0 Å². The van der Waals surface area contributed by atoms with Gasteiger partial charge in [0, 0.05) is 11.9 Å². The molecule has 1 N–H and O–H groups in total. The van der Waals surface area contributed by atoms with E-state index < -0.39 is 0 Å². The number of aromatic nitrogens is 2. The van der Waals surface area contributed by atoms with Gasteiger partial charge in [0.2, 0.25) is 0 Å². The van der Waals surface area contributed by atoms with E-state index in [0.29, 0.717) is 5.92 Å². The predicted molar refractivity (Wildman–Crippen MR) is 83.9 cm³/mol. The second-order valence-electron chi connectivity index (χ2n) is 5.75. The van der Waals surface area contributed by atoms with E-state index in [1.165, 1.54) is 16.8 Å². The number of nitrogens with one attached hydrogen (secondary N) is 1. The van der Waals surface area contributed by atoms with Crippen LogP contribution in [0, 0.1) is 12.8 Å². The summed E-state index contributed by atoms with van der Waals surface area (Å²) >= 11 is 0. The first kappa shape index (κ1) is 14.8. The second-order valence-corrected chi connectivity index (χ2v) is 5.75. The van der Waals surface area contributed by atoms with E-state index in [1.54, 1.807) is 0 Å². The Morgan fingerprint density at radius 3 is 2.55 bits per heavy atom. The summed E-state index contributed by atoms with van der Waals surface area (Å²) in [4.78, 5) is 0. The average molecular weight is 271 g/mol. The van der Waals surface area contributed by atoms with Crippen LogP contribution in [0.5, 0.6) is 0 Å². The number of benzene rings is 1. The minimum absolute atomic E-state index is 0.706. The zero-order chi connectivity index (χ0) is 14.4. The third-order valence-electron chi connectivity index (χ3n) is 3.49. The standard InChI is InChI=1S/C17H25N3/c1-14(2)12-18-10-9-16-6-4-5-7-17(16)13-20-15(3)8-11-19-20/h4-8,11,14,18H,9-10,12-13H2,1-3H3. The van der Waals surface area contributed by atoms with Crippen molar-refractivity contribution >= 4 is 0 Å². The lowest BCUT2D eigenvalue weighted by Gasteiger charge is -2.12. The van der Waals surface area contributed by atoms with E-state index in [9.17, 15) is 0 Å². The van der Waals surface area contributed by atoms with Crippen LogP contribution in [-0.2, 0) is 13.0 Å². The molecule has 0 aliphatic heterocycles. The Morgan fingerprint density at radius 2 is 1.90 bits per heavy atom. The van der Waals surface area contributed by atoms with Crippen molar-refractivity contribution < 1.29 is 0 Å². The van der Waals surface area contributed by atoms with Gasteiger partial charge in [0.1, 0.15) is 0 Å². The first-order valence-electron chi connectivity index (χ1n) is 7.42. The molecule has 1 aromatic heterocycles. The van der Waals surface area contributed by atoms with Crippen molar-refractivity contribution in [3.63, 3.8) is 0 Å².